The van der Waals surface area contributed by atoms with Crippen LogP contribution in [0.1, 0.15) is 65.9 Å². The molecule has 1 aromatic heterocycles. The van der Waals surface area contributed by atoms with Gasteiger partial charge in [0.05, 0.1) is 11.1 Å². The van der Waals surface area contributed by atoms with Crippen LogP contribution in [0.2, 0.25) is 5.02 Å². The summed E-state index contributed by atoms with van der Waals surface area (Å²) in [5.41, 5.74) is 2.96. The lowest BCUT2D eigenvalue weighted by molar-refractivity contribution is -0.137. The highest BCUT2D eigenvalue weighted by Gasteiger charge is 2.23. The SMILES string of the molecule is Cc1c(NC2CCCC2)nc2ccc(Br)cc2c1C(=O)NCC(CCC(=O)O)c1ccccc1Cl. The summed E-state index contributed by atoms with van der Waals surface area (Å²) >= 11 is 9.93. The minimum absolute atomic E-state index is 0.00855. The molecule has 0 aliphatic heterocycles. The molecule has 1 unspecified atom stereocenters. The molecule has 8 heteroatoms. The maximum atomic E-state index is 13.6. The molecule has 4 rings (SSSR count). The molecule has 184 valence electrons. The lowest BCUT2D eigenvalue weighted by atomic mass is 9.93. The van der Waals surface area contributed by atoms with E-state index in [0.717, 1.165) is 45.2 Å². The number of nitrogens with one attached hydrogen (secondary N) is 2. The third-order valence-corrected chi connectivity index (χ3v) is 7.51. The summed E-state index contributed by atoms with van der Waals surface area (Å²) in [6.45, 7) is 2.20. The van der Waals surface area contributed by atoms with Crippen LogP contribution >= 0.6 is 27.5 Å². The molecule has 6 nitrogen and oxygen atoms in total. The van der Waals surface area contributed by atoms with Gasteiger partial charge < -0.3 is 15.7 Å². The second-order valence-electron chi connectivity index (χ2n) is 9.11. The fourth-order valence-electron chi connectivity index (χ4n) is 4.80. The van der Waals surface area contributed by atoms with Crippen molar-refractivity contribution in [2.75, 3.05) is 11.9 Å². The molecular formula is C27H29BrClN3O3. The van der Waals surface area contributed by atoms with Crippen LogP contribution < -0.4 is 10.6 Å². The van der Waals surface area contributed by atoms with E-state index in [-0.39, 0.29) is 24.8 Å². The number of fused-ring (bicyclic) bond motifs is 1. The lowest BCUT2D eigenvalue weighted by Gasteiger charge is -2.21. The number of aromatic nitrogens is 1. The number of carbonyl (C=O) groups is 2. The normalized spacial score (nSPS) is 14.7. The highest BCUT2D eigenvalue weighted by atomic mass is 79.9. The molecule has 1 aliphatic carbocycles. The number of carbonyl (C=O) groups excluding carboxylic acids is 1. The number of amides is 1. The Kier molecular flexibility index (Phi) is 8.29. The number of carboxylic acids is 1. The summed E-state index contributed by atoms with van der Waals surface area (Å²) in [7, 11) is 0. The van der Waals surface area contributed by atoms with Gasteiger partial charge in [0.25, 0.3) is 5.91 Å². The van der Waals surface area contributed by atoms with Crippen molar-refractivity contribution in [1.29, 1.82) is 0 Å². The first-order valence-electron chi connectivity index (χ1n) is 11.9. The predicted octanol–water partition coefficient (Wildman–Crippen LogP) is 6.69. The highest BCUT2D eigenvalue weighted by molar-refractivity contribution is 9.10. The average Bonchev–Trinajstić information content (AvgIpc) is 3.33. The van der Waals surface area contributed by atoms with Gasteiger partial charge in [-0.05, 0) is 56.0 Å². The number of halogens is 2. The summed E-state index contributed by atoms with van der Waals surface area (Å²) in [5, 5.41) is 17.2. The Hall–Kier alpha value is -2.64. The minimum Gasteiger partial charge on any atom is -0.481 e. The third kappa shape index (κ3) is 6.14. The van der Waals surface area contributed by atoms with E-state index in [4.69, 9.17) is 16.6 Å². The zero-order chi connectivity index (χ0) is 24.9. The molecule has 3 N–H and O–H groups in total. The Morgan fingerprint density at radius 2 is 1.94 bits per heavy atom. The first kappa shape index (κ1) is 25.5. The van der Waals surface area contributed by atoms with Crippen molar-refractivity contribution in [3.63, 3.8) is 0 Å². The number of carboxylic acid groups (broad SMARTS) is 1. The Balaban J connectivity index is 1.64. The van der Waals surface area contributed by atoms with E-state index in [2.05, 4.69) is 26.6 Å². The third-order valence-electron chi connectivity index (χ3n) is 6.67. The van der Waals surface area contributed by atoms with Crippen LogP contribution in [0, 0.1) is 6.92 Å². The van der Waals surface area contributed by atoms with Crippen LogP contribution in [0.25, 0.3) is 10.9 Å². The second-order valence-corrected chi connectivity index (χ2v) is 10.4. The number of benzene rings is 2. The number of nitrogens with zero attached hydrogens (tertiary/aromatic N) is 1. The van der Waals surface area contributed by atoms with Crippen LogP contribution in [0.3, 0.4) is 0 Å². The van der Waals surface area contributed by atoms with Crippen molar-refractivity contribution < 1.29 is 14.7 Å². The molecule has 1 heterocycles. The smallest absolute Gasteiger partial charge is 0.303 e. The molecule has 0 spiro atoms. The summed E-state index contributed by atoms with van der Waals surface area (Å²) in [4.78, 5) is 29.7. The van der Waals surface area contributed by atoms with Gasteiger partial charge in [-0.3, -0.25) is 9.59 Å². The fourth-order valence-corrected chi connectivity index (χ4v) is 5.45. The zero-order valence-corrected chi connectivity index (χ0v) is 22.0. The van der Waals surface area contributed by atoms with E-state index in [1.165, 1.54) is 12.8 Å². The number of pyridine rings is 1. The molecule has 0 saturated heterocycles. The maximum Gasteiger partial charge on any atom is 0.303 e. The van der Waals surface area contributed by atoms with Crippen molar-refractivity contribution in [3.05, 3.63) is 68.7 Å². The van der Waals surface area contributed by atoms with Crippen molar-refractivity contribution in [2.45, 2.75) is 57.4 Å². The van der Waals surface area contributed by atoms with Crippen molar-refractivity contribution in [3.8, 4) is 0 Å². The molecule has 1 atom stereocenters. The zero-order valence-electron chi connectivity index (χ0n) is 19.6. The molecule has 2 aromatic carbocycles. The number of hydrogen-bond acceptors (Lipinski definition) is 4. The van der Waals surface area contributed by atoms with E-state index < -0.39 is 5.97 Å². The number of rotatable bonds is 9. The van der Waals surface area contributed by atoms with Gasteiger partial charge in [0, 0.05) is 45.4 Å². The summed E-state index contributed by atoms with van der Waals surface area (Å²) < 4.78 is 0.868. The monoisotopic (exact) mass is 557 g/mol. The minimum atomic E-state index is -0.878. The summed E-state index contributed by atoms with van der Waals surface area (Å²) in [6.07, 6.45) is 4.96. The number of hydrogen-bond donors (Lipinski definition) is 3. The molecule has 1 fully saturated rings. The van der Waals surface area contributed by atoms with Crippen molar-refractivity contribution in [2.24, 2.45) is 0 Å². The van der Waals surface area contributed by atoms with E-state index in [1.54, 1.807) is 6.07 Å². The van der Waals surface area contributed by atoms with Gasteiger partial charge in [-0.15, -0.1) is 0 Å². The van der Waals surface area contributed by atoms with Crippen LogP contribution in [0.5, 0.6) is 0 Å². The Morgan fingerprint density at radius 1 is 1.20 bits per heavy atom. The van der Waals surface area contributed by atoms with E-state index in [0.29, 0.717) is 23.0 Å². The Labute approximate surface area is 218 Å². The van der Waals surface area contributed by atoms with E-state index in [9.17, 15) is 14.7 Å². The van der Waals surface area contributed by atoms with Gasteiger partial charge in [-0.25, -0.2) is 4.98 Å². The Bertz CT molecular complexity index is 1240. The molecular weight excluding hydrogens is 530 g/mol. The average molecular weight is 559 g/mol. The predicted molar refractivity (Wildman–Crippen MR) is 143 cm³/mol. The van der Waals surface area contributed by atoms with Crippen LogP contribution in [0.4, 0.5) is 5.82 Å². The molecule has 1 aliphatic rings. The quantitative estimate of drug-likeness (QED) is 0.272. The van der Waals surface area contributed by atoms with Gasteiger partial charge in [0.2, 0.25) is 0 Å². The molecule has 0 radical (unpaired) electrons. The van der Waals surface area contributed by atoms with E-state index in [1.807, 2.05) is 43.3 Å². The lowest BCUT2D eigenvalue weighted by Crippen LogP contribution is -2.30. The van der Waals surface area contributed by atoms with Gasteiger partial charge >= 0.3 is 5.97 Å². The van der Waals surface area contributed by atoms with Gasteiger partial charge in [0.15, 0.2) is 0 Å². The van der Waals surface area contributed by atoms with Gasteiger partial charge in [-0.1, -0.05) is 58.6 Å². The van der Waals surface area contributed by atoms with Crippen LogP contribution in [-0.2, 0) is 4.79 Å². The molecule has 1 amide bonds. The van der Waals surface area contributed by atoms with Gasteiger partial charge in [0.1, 0.15) is 5.82 Å². The summed E-state index contributed by atoms with van der Waals surface area (Å²) in [5.74, 6) is -0.572. The molecule has 1 saturated carbocycles. The fraction of sp³-hybridized carbons (Fsp3) is 0.370. The number of aliphatic carboxylic acids is 1. The molecule has 0 bridgehead atoms. The molecule has 35 heavy (non-hydrogen) atoms. The van der Waals surface area contributed by atoms with Crippen molar-refractivity contribution in [1.82, 2.24) is 10.3 Å². The highest BCUT2D eigenvalue weighted by Crippen LogP contribution is 2.32. The maximum absolute atomic E-state index is 13.6. The second kappa shape index (κ2) is 11.4. The van der Waals surface area contributed by atoms with Gasteiger partial charge in [-0.2, -0.15) is 0 Å². The topological polar surface area (TPSA) is 91.3 Å². The first-order chi connectivity index (χ1) is 16.8. The Morgan fingerprint density at radius 3 is 2.66 bits per heavy atom. The largest absolute Gasteiger partial charge is 0.481 e. The van der Waals surface area contributed by atoms with Crippen LogP contribution in [0.15, 0.2) is 46.9 Å². The molecule has 3 aromatic rings. The number of anilines is 1. The van der Waals surface area contributed by atoms with Crippen LogP contribution in [-0.4, -0.2) is 34.6 Å². The standard InChI is InChI=1S/C27H29BrClN3O3/c1-16-25(21-14-18(28)11-12-23(21)32-26(16)31-19-6-2-3-7-19)27(35)30-15-17(10-13-24(33)34)20-8-4-5-9-22(20)29/h4-5,8-9,11-12,14,17,19H,2-3,6-7,10,13,15H2,1H3,(H,30,35)(H,31,32)(H,33,34). The van der Waals surface area contributed by atoms with Crippen molar-refractivity contribution >= 4 is 56.1 Å². The van der Waals surface area contributed by atoms with E-state index >= 15 is 0 Å². The first-order valence-corrected chi connectivity index (χ1v) is 13.1. The summed E-state index contributed by atoms with van der Waals surface area (Å²) in [6, 6.07) is 13.5.